The van der Waals surface area contributed by atoms with Crippen LogP contribution in [0.1, 0.15) is 62.8 Å². The number of carbonyl (C=O) groups excluding carboxylic acids is 2. The molecule has 7 aliphatic rings. The SMILES string of the molecule is CCNC(=O)OC[C@H]1O[C@@H](n2cnc3c(NC(=O)NC45CC6CC(CC(C6)C4)C5)ncnc32)C2OC3(Cc4ccccc4C3)OC21. The number of nitrogens with one attached hydrogen (secondary N) is 3. The number of ether oxygens (including phenoxy) is 4. The molecule has 4 bridgehead atoms. The molecule has 46 heavy (non-hydrogen) atoms. The number of anilines is 1. The van der Waals surface area contributed by atoms with E-state index in [0.29, 0.717) is 36.4 Å². The zero-order valence-electron chi connectivity index (χ0n) is 25.8. The van der Waals surface area contributed by atoms with Gasteiger partial charge in [0.1, 0.15) is 31.2 Å². The van der Waals surface area contributed by atoms with Crippen molar-refractivity contribution in [2.45, 2.75) is 94.2 Å². The van der Waals surface area contributed by atoms with Crippen molar-refractivity contribution < 1.29 is 28.5 Å². The number of amides is 3. The Morgan fingerprint density at radius 2 is 1.67 bits per heavy atom. The van der Waals surface area contributed by atoms with Crippen LogP contribution in [0, 0.1) is 17.8 Å². The molecule has 1 aromatic carbocycles. The fourth-order valence-corrected chi connectivity index (χ4v) is 9.70. The van der Waals surface area contributed by atoms with Gasteiger partial charge in [-0.2, -0.15) is 0 Å². The van der Waals surface area contributed by atoms with E-state index in [2.05, 4.69) is 43.0 Å². The van der Waals surface area contributed by atoms with Gasteiger partial charge in [-0.1, -0.05) is 24.3 Å². The van der Waals surface area contributed by atoms with Gasteiger partial charge >= 0.3 is 12.1 Å². The number of urea groups is 1. The second-order valence-corrected chi connectivity index (χ2v) is 14.2. The van der Waals surface area contributed by atoms with E-state index in [9.17, 15) is 9.59 Å². The molecule has 4 atom stereocenters. The number of benzene rings is 1. The molecule has 2 aliphatic heterocycles. The van der Waals surface area contributed by atoms with E-state index in [0.717, 1.165) is 37.0 Å². The smallest absolute Gasteiger partial charge is 0.407 e. The zero-order valence-corrected chi connectivity index (χ0v) is 25.8. The Bertz CT molecular complexity index is 1630. The van der Waals surface area contributed by atoms with Gasteiger partial charge in [0.2, 0.25) is 0 Å². The van der Waals surface area contributed by atoms with Gasteiger partial charge in [0.05, 0.1) is 6.33 Å². The largest absolute Gasteiger partial charge is 0.447 e. The first-order valence-electron chi connectivity index (χ1n) is 16.6. The first kappa shape index (κ1) is 28.4. The van der Waals surface area contributed by atoms with Gasteiger partial charge in [0.25, 0.3) is 0 Å². The van der Waals surface area contributed by atoms with Crippen LogP contribution in [-0.4, -0.2) is 74.4 Å². The van der Waals surface area contributed by atoms with Gasteiger partial charge in [0.15, 0.2) is 29.0 Å². The van der Waals surface area contributed by atoms with Crippen LogP contribution in [0.4, 0.5) is 15.4 Å². The Kier molecular flexibility index (Phi) is 6.55. The quantitative estimate of drug-likeness (QED) is 0.370. The minimum absolute atomic E-state index is 0.00516. The second kappa shape index (κ2) is 10.6. The minimum atomic E-state index is -0.835. The highest BCUT2D eigenvalue weighted by atomic mass is 16.8. The van der Waals surface area contributed by atoms with Crippen molar-refractivity contribution in [3.8, 4) is 0 Å². The van der Waals surface area contributed by atoms with Gasteiger partial charge in [-0.15, -0.1) is 0 Å². The van der Waals surface area contributed by atoms with Crippen LogP contribution in [0.25, 0.3) is 11.2 Å². The number of aromatic nitrogens is 4. The number of alkyl carbamates (subject to hydrolysis) is 1. The van der Waals surface area contributed by atoms with Crippen molar-refractivity contribution in [1.29, 1.82) is 0 Å². The summed E-state index contributed by atoms with van der Waals surface area (Å²) in [5.74, 6) is 1.66. The van der Waals surface area contributed by atoms with Crippen LogP contribution in [0.2, 0.25) is 0 Å². The third-order valence-electron chi connectivity index (χ3n) is 11.0. The number of fused-ring (bicyclic) bond motifs is 3. The molecule has 2 unspecified atom stereocenters. The topological polar surface area (TPSA) is 151 Å². The fourth-order valence-electron chi connectivity index (χ4n) is 9.70. The van der Waals surface area contributed by atoms with Crippen LogP contribution in [0.3, 0.4) is 0 Å². The van der Waals surface area contributed by atoms with Crippen molar-refractivity contribution in [2.75, 3.05) is 18.5 Å². The summed E-state index contributed by atoms with van der Waals surface area (Å²) < 4.78 is 27.2. The van der Waals surface area contributed by atoms with Crippen molar-refractivity contribution in [3.05, 3.63) is 48.0 Å². The summed E-state index contributed by atoms with van der Waals surface area (Å²) in [7, 11) is 0. The third kappa shape index (κ3) is 4.73. The molecule has 5 aliphatic carbocycles. The van der Waals surface area contributed by atoms with E-state index in [-0.39, 0.29) is 18.2 Å². The lowest BCUT2D eigenvalue weighted by molar-refractivity contribution is -0.213. The average molecular weight is 630 g/mol. The number of hydrogen-bond donors (Lipinski definition) is 3. The molecule has 13 heteroatoms. The number of nitrogens with zero attached hydrogens (tertiary/aromatic N) is 4. The van der Waals surface area contributed by atoms with E-state index in [1.165, 1.54) is 36.7 Å². The summed E-state index contributed by atoms with van der Waals surface area (Å²) in [6, 6.07) is 7.99. The molecule has 13 nitrogen and oxygen atoms in total. The van der Waals surface area contributed by atoms with Crippen LogP contribution in [0.5, 0.6) is 0 Å². The van der Waals surface area contributed by atoms with E-state index in [1.54, 1.807) is 10.9 Å². The number of hydrogen-bond acceptors (Lipinski definition) is 9. The molecular weight excluding hydrogens is 590 g/mol. The summed E-state index contributed by atoms with van der Waals surface area (Å²) in [6.07, 6.45) is 8.61. The molecule has 2 aromatic heterocycles. The Balaban J connectivity index is 0.966. The molecule has 6 fully saturated rings. The predicted molar refractivity (Wildman–Crippen MR) is 164 cm³/mol. The molecule has 242 valence electrons. The molecule has 4 saturated carbocycles. The van der Waals surface area contributed by atoms with Crippen molar-refractivity contribution in [1.82, 2.24) is 30.2 Å². The summed E-state index contributed by atoms with van der Waals surface area (Å²) >= 11 is 0. The van der Waals surface area contributed by atoms with E-state index in [4.69, 9.17) is 18.9 Å². The summed E-state index contributed by atoms with van der Waals surface area (Å²) in [4.78, 5) is 39.1. The lowest BCUT2D eigenvalue weighted by atomic mass is 9.53. The highest BCUT2D eigenvalue weighted by Crippen LogP contribution is 2.55. The van der Waals surface area contributed by atoms with E-state index >= 15 is 0 Å². The van der Waals surface area contributed by atoms with Crippen LogP contribution >= 0.6 is 0 Å². The van der Waals surface area contributed by atoms with Crippen LogP contribution in [-0.2, 0) is 31.8 Å². The number of carbonyl (C=O) groups is 2. The van der Waals surface area contributed by atoms with Gasteiger partial charge in [-0.25, -0.2) is 24.5 Å². The molecule has 3 amide bonds. The first-order valence-corrected chi connectivity index (χ1v) is 16.6. The molecule has 0 radical (unpaired) electrons. The normalized spacial score (nSPS) is 34.5. The molecule has 3 aromatic rings. The second-order valence-electron chi connectivity index (χ2n) is 14.2. The van der Waals surface area contributed by atoms with Crippen molar-refractivity contribution in [3.63, 3.8) is 0 Å². The zero-order chi connectivity index (χ0) is 31.0. The highest BCUT2D eigenvalue weighted by molar-refractivity contribution is 5.96. The van der Waals surface area contributed by atoms with Crippen LogP contribution in [0.15, 0.2) is 36.9 Å². The minimum Gasteiger partial charge on any atom is -0.447 e. The Morgan fingerprint density at radius 1 is 0.978 bits per heavy atom. The first-order chi connectivity index (χ1) is 22.4. The molecular formula is C33H39N7O6. The molecule has 2 saturated heterocycles. The van der Waals surface area contributed by atoms with Gasteiger partial charge in [0, 0.05) is 24.9 Å². The average Bonchev–Trinajstić information content (AvgIpc) is 3.77. The maximum absolute atomic E-state index is 13.4. The monoisotopic (exact) mass is 629 g/mol. The molecule has 1 spiro atoms. The molecule has 4 heterocycles. The van der Waals surface area contributed by atoms with E-state index in [1.807, 2.05) is 19.1 Å². The van der Waals surface area contributed by atoms with Crippen molar-refractivity contribution >= 4 is 29.1 Å². The van der Waals surface area contributed by atoms with Crippen molar-refractivity contribution in [2.24, 2.45) is 17.8 Å². The lowest BCUT2D eigenvalue weighted by Crippen LogP contribution is -2.60. The maximum Gasteiger partial charge on any atom is 0.407 e. The lowest BCUT2D eigenvalue weighted by Gasteiger charge is -2.56. The fraction of sp³-hybridized carbons (Fsp3) is 0.606. The summed E-state index contributed by atoms with van der Waals surface area (Å²) in [5.41, 5.74) is 3.20. The number of imidazole rings is 1. The van der Waals surface area contributed by atoms with Crippen LogP contribution < -0.4 is 16.0 Å². The standard InChI is InChI=1S/C33H39N7O6/c1-2-34-31(42)43-15-23-25-26(46-33(45-25)13-21-5-3-4-6-22(21)14-33)29(44-23)40-17-37-24-27(35-16-36-28(24)40)38-30(41)39-32-10-18-7-19(11-32)9-20(8-18)12-32/h3-6,16-20,23,25-26,29H,2,7-15H2,1H3,(H,34,42)(H2,35,36,38,39,41)/t18?,19?,20?,23-,25?,26?,29-,32?/m1/s1. The number of rotatable bonds is 6. The maximum atomic E-state index is 13.4. The van der Waals surface area contributed by atoms with Gasteiger partial charge in [-0.3, -0.25) is 9.88 Å². The molecule has 3 N–H and O–H groups in total. The Labute approximate surface area is 266 Å². The van der Waals surface area contributed by atoms with Gasteiger partial charge < -0.3 is 29.6 Å². The summed E-state index contributed by atoms with van der Waals surface area (Å²) in [6.45, 7) is 2.28. The third-order valence-corrected chi connectivity index (χ3v) is 11.0. The van der Waals surface area contributed by atoms with E-state index < -0.39 is 36.4 Å². The highest BCUT2D eigenvalue weighted by Gasteiger charge is 2.60. The Hall–Kier alpha value is -3.81. The summed E-state index contributed by atoms with van der Waals surface area (Å²) in [5, 5.41) is 8.98. The van der Waals surface area contributed by atoms with Gasteiger partial charge in [-0.05, 0) is 74.3 Å². The Morgan fingerprint density at radius 3 is 2.37 bits per heavy atom. The molecule has 10 rings (SSSR count). The predicted octanol–water partition coefficient (Wildman–Crippen LogP) is 3.84.